The van der Waals surface area contributed by atoms with Crippen molar-refractivity contribution in [1.82, 2.24) is 9.80 Å². The first-order chi connectivity index (χ1) is 9.00. The summed E-state index contributed by atoms with van der Waals surface area (Å²) in [7, 11) is 0. The number of piperidine rings is 2. The molecule has 1 amide bonds. The number of hydrogen-bond acceptors (Lipinski definition) is 3. The minimum atomic E-state index is 0.0135. The molecule has 2 heterocycles. The molecule has 4 heteroatoms. The Morgan fingerprint density at radius 1 is 1.11 bits per heavy atom. The Morgan fingerprint density at radius 3 is 2.16 bits per heavy atom. The summed E-state index contributed by atoms with van der Waals surface area (Å²) in [6.07, 6.45) is 5.62. The van der Waals surface area contributed by atoms with E-state index in [-0.39, 0.29) is 12.1 Å². The molecule has 19 heavy (non-hydrogen) atoms. The lowest BCUT2D eigenvalue weighted by atomic mass is 9.95. The summed E-state index contributed by atoms with van der Waals surface area (Å²) in [5.74, 6) is 0.299. The van der Waals surface area contributed by atoms with Crippen molar-refractivity contribution in [2.75, 3.05) is 13.1 Å². The molecule has 2 fully saturated rings. The van der Waals surface area contributed by atoms with Crippen molar-refractivity contribution < 1.29 is 4.79 Å². The van der Waals surface area contributed by atoms with Crippen LogP contribution in [-0.2, 0) is 4.79 Å². The molecule has 2 aliphatic rings. The topological polar surface area (TPSA) is 49.6 Å². The van der Waals surface area contributed by atoms with Gasteiger partial charge in [0.2, 0.25) is 5.91 Å². The minimum absolute atomic E-state index is 0.0135. The third-order valence-corrected chi connectivity index (χ3v) is 4.92. The molecule has 2 rings (SSSR count). The van der Waals surface area contributed by atoms with Gasteiger partial charge >= 0.3 is 0 Å². The van der Waals surface area contributed by atoms with E-state index >= 15 is 0 Å². The fourth-order valence-electron chi connectivity index (χ4n) is 3.72. The van der Waals surface area contributed by atoms with Crippen LogP contribution in [0.15, 0.2) is 0 Å². The molecule has 0 aromatic carbocycles. The summed E-state index contributed by atoms with van der Waals surface area (Å²) >= 11 is 0. The van der Waals surface area contributed by atoms with Crippen molar-refractivity contribution in [3.05, 3.63) is 0 Å². The largest absolute Gasteiger partial charge is 0.341 e. The molecule has 0 aliphatic carbocycles. The van der Waals surface area contributed by atoms with Gasteiger partial charge in [0.05, 0.1) is 6.04 Å². The molecule has 0 radical (unpaired) electrons. The first-order valence-electron chi connectivity index (χ1n) is 7.82. The van der Waals surface area contributed by atoms with Crippen molar-refractivity contribution >= 4 is 5.91 Å². The number of rotatable bonds is 2. The van der Waals surface area contributed by atoms with Crippen molar-refractivity contribution in [1.29, 1.82) is 0 Å². The summed E-state index contributed by atoms with van der Waals surface area (Å²) in [6, 6.07) is 1.34. The molecule has 3 atom stereocenters. The fourth-order valence-corrected chi connectivity index (χ4v) is 3.72. The van der Waals surface area contributed by atoms with Gasteiger partial charge < -0.3 is 10.6 Å². The molecule has 2 N–H and O–H groups in total. The van der Waals surface area contributed by atoms with E-state index in [1.807, 2.05) is 4.90 Å². The van der Waals surface area contributed by atoms with Gasteiger partial charge in [0.25, 0.3) is 0 Å². The molecular formula is C15H29N3O. The summed E-state index contributed by atoms with van der Waals surface area (Å²) in [5.41, 5.74) is 5.91. The molecule has 0 aromatic heterocycles. The smallest absolute Gasteiger partial charge is 0.239 e. The molecule has 0 saturated carbocycles. The third-order valence-electron chi connectivity index (χ3n) is 4.92. The standard InChI is InChI=1S/C15H29N3O/c1-11-5-4-6-12(2)18(11)13(3)15(19)17-9-7-14(16)8-10-17/h11-14H,4-10,16H2,1-3H3. The van der Waals surface area contributed by atoms with Gasteiger partial charge in [-0.3, -0.25) is 9.69 Å². The van der Waals surface area contributed by atoms with Crippen LogP contribution in [0, 0.1) is 0 Å². The van der Waals surface area contributed by atoms with Crippen LogP contribution in [0.5, 0.6) is 0 Å². The summed E-state index contributed by atoms with van der Waals surface area (Å²) in [5, 5.41) is 0. The number of hydrogen-bond donors (Lipinski definition) is 1. The van der Waals surface area contributed by atoms with Gasteiger partial charge in [0, 0.05) is 31.2 Å². The highest BCUT2D eigenvalue weighted by Gasteiger charge is 2.34. The van der Waals surface area contributed by atoms with E-state index in [4.69, 9.17) is 5.73 Å². The van der Waals surface area contributed by atoms with E-state index in [1.165, 1.54) is 19.3 Å². The highest BCUT2D eigenvalue weighted by molar-refractivity contribution is 5.81. The maximum Gasteiger partial charge on any atom is 0.239 e. The van der Waals surface area contributed by atoms with Crippen molar-refractivity contribution in [2.24, 2.45) is 5.73 Å². The number of amides is 1. The van der Waals surface area contributed by atoms with Crippen LogP contribution in [0.4, 0.5) is 0 Å². The number of carbonyl (C=O) groups is 1. The van der Waals surface area contributed by atoms with Gasteiger partial charge in [0.15, 0.2) is 0 Å². The molecule has 3 unspecified atom stereocenters. The highest BCUT2D eigenvalue weighted by Crippen LogP contribution is 2.26. The van der Waals surface area contributed by atoms with Gasteiger partial charge in [-0.15, -0.1) is 0 Å². The number of nitrogens with zero attached hydrogens (tertiary/aromatic N) is 2. The fraction of sp³-hybridized carbons (Fsp3) is 0.933. The van der Waals surface area contributed by atoms with E-state index in [1.54, 1.807) is 0 Å². The first-order valence-corrected chi connectivity index (χ1v) is 7.82. The second-order valence-electron chi connectivity index (χ2n) is 6.41. The predicted molar refractivity (Wildman–Crippen MR) is 77.9 cm³/mol. The molecule has 0 aromatic rings. The Labute approximate surface area is 117 Å². The second kappa shape index (κ2) is 6.23. The quantitative estimate of drug-likeness (QED) is 0.826. The lowest BCUT2D eigenvalue weighted by Crippen LogP contribution is -2.56. The van der Waals surface area contributed by atoms with Crippen molar-refractivity contribution in [3.63, 3.8) is 0 Å². The Bertz CT molecular complexity index is 303. The number of nitrogens with two attached hydrogens (primary N) is 1. The zero-order valence-corrected chi connectivity index (χ0v) is 12.6. The Hall–Kier alpha value is -0.610. The second-order valence-corrected chi connectivity index (χ2v) is 6.41. The average molecular weight is 267 g/mol. The van der Waals surface area contributed by atoms with Gasteiger partial charge in [-0.05, 0) is 46.5 Å². The van der Waals surface area contributed by atoms with Crippen LogP contribution in [0.25, 0.3) is 0 Å². The van der Waals surface area contributed by atoms with Crippen LogP contribution < -0.4 is 5.73 Å². The van der Waals surface area contributed by atoms with E-state index < -0.39 is 0 Å². The van der Waals surface area contributed by atoms with Gasteiger partial charge in [-0.1, -0.05) is 6.42 Å². The lowest BCUT2D eigenvalue weighted by Gasteiger charge is -2.44. The Kier molecular flexibility index (Phi) is 4.85. The Balaban J connectivity index is 1.97. The zero-order chi connectivity index (χ0) is 14.0. The van der Waals surface area contributed by atoms with E-state index in [9.17, 15) is 4.79 Å². The van der Waals surface area contributed by atoms with Crippen LogP contribution in [-0.4, -0.2) is 53.0 Å². The SMILES string of the molecule is CC1CCCC(C)N1C(C)C(=O)N1CCC(N)CC1. The molecule has 0 spiro atoms. The van der Waals surface area contributed by atoms with Crippen molar-refractivity contribution in [3.8, 4) is 0 Å². The maximum absolute atomic E-state index is 12.6. The summed E-state index contributed by atoms with van der Waals surface area (Å²) < 4.78 is 0. The zero-order valence-electron chi connectivity index (χ0n) is 12.6. The molecule has 2 aliphatic heterocycles. The summed E-state index contributed by atoms with van der Waals surface area (Å²) in [6.45, 7) is 8.26. The predicted octanol–water partition coefficient (Wildman–Crippen LogP) is 1.59. The average Bonchev–Trinajstić information content (AvgIpc) is 2.38. The summed E-state index contributed by atoms with van der Waals surface area (Å²) in [4.78, 5) is 17.1. The third kappa shape index (κ3) is 3.29. The monoisotopic (exact) mass is 267 g/mol. The minimum Gasteiger partial charge on any atom is -0.341 e. The van der Waals surface area contributed by atoms with Crippen LogP contribution >= 0.6 is 0 Å². The van der Waals surface area contributed by atoms with E-state index in [0.717, 1.165) is 25.9 Å². The first kappa shape index (κ1) is 14.8. The van der Waals surface area contributed by atoms with Gasteiger partial charge in [-0.2, -0.15) is 0 Å². The Morgan fingerprint density at radius 2 is 1.63 bits per heavy atom. The molecule has 110 valence electrons. The number of likely N-dealkylation sites (tertiary alicyclic amines) is 2. The molecule has 0 bridgehead atoms. The normalized spacial score (nSPS) is 32.3. The molecule has 4 nitrogen and oxygen atoms in total. The van der Waals surface area contributed by atoms with Crippen LogP contribution in [0.1, 0.15) is 52.9 Å². The highest BCUT2D eigenvalue weighted by atomic mass is 16.2. The van der Waals surface area contributed by atoms with Gasteiger partial charge in [0.1, 0.15) is 0 Å². The maximum atomic E-state index is 12.6. The van der Waals surface area contributed by atoms with E-state index in [0.29, 0.717) is 18.0 Å². The van der Waals surface area contributed by atoms with E-state index in [2.05, 4.69) is 25.7 Å². The molecular weight excluding hydrogens is 238 g/mol. The van der Waals surface area contributed by atoms with Crippen LogP contribution in [0.2, 0.25) is 0 Å². The van der Waals surface area contributed by atoms with Crippen molar-refractivity contribution in [2.45, 2.75) is 77.0 Å². The molecule has 2 saturated heterocycles. The van der Waals surface area contributed by atoms with Crippen LogP contribution in [0.3, 0.4) is 0 Å². The number of carbonyl (C=O) groups excluding carboxylic acids is 1. The van der Waals surface area contributed by atoms with Gasteiger partial charge in [-0.25, -0.2) is 0 Å². The lowest BCUT2D eigenvalue weighted by molar-refractivity contribution is -0.140.